The van der Waals surface area contributed by atoms with Crippen molar-refractivity contribution < 1.29 is 15.0 Å². The number of carbonyl (C=O) groups is 1. The maximum absolute atomic E-state index is 12.5. The van der Waals surface area contributed by atoms with E-state index in [4.69, 9.17) is 0 Å². The van der Waals surface area contributed by atoms with Gasteiger partial charge in [-0.3, -0.25) is 4.79 Å². The summed E-state index contributed by atoms with van der Waals surface area (Å²) in [5.41, 5.74) is 0. The van der Waals surface area contributed by atoms with Gasteiger partial charge in [-0.1, -0.05) is 304 Å². The number of amides is 1. The van der Waals surface area contributed by atoms with Crippen LogP contribution in [-0.4, -0.2) is 34.9 Å². The molecule has 0 saturated carbocycles. The third-order valence-electron chi connectivity index (χ3n) is 13.6. The molecule has 0 saturated heterocycles. The number of aliphatic hydroxyl groups is 2. The summed E-state index contributed by atoms with van der Waals surface area (Å²) in [5.74, 6) is -0.0773. The Morgan fingerprint density at radius 2 is 0.652 bits per heavy atom. The van der Waals surface area contributed by atoms with Crippen molar-refractivity contribution in [2.45, 2.75) is 315 Å². The minimum atomic E-state index is -0.870. The molecule has 4 heteroatoms. The van der Waals surface area contributed by atoms with Gasteiger partial charge < -0.3 is 15.5 Å². The van der Waals surface area contributed by atoms with Crippen LogP contribution in [-0.2, 0) is 4.79 Å². The molecule has 2 unspecified atom stereocenters. The van der Waals surface area contributed by atoms with Gasteiger partial charge >= 0.3 is 0 Å². The normalized spacial score (nSPS) is 13.4. The number of unbranched alkanes of at least 4 members (excludes halogenated alkanes) is 36. The van der Waals surface area contributed by atoms with E-state index in [0.717, 1.165) is 64.2 Å². The van der Waals surface area contributed by atoms with E-state index in [9.17, 15) is 15.0 Å². The predicted molar refractivity (Wildman–Crippen MR) is 308 cm³/mol. The van der Waals surface area contributed by atoms with E-state index in [1.807, 2.05) is 6.08 Å². The fraction of sp³-hybridized carbons (Fsp3) is 0.769. The van der Waals surface area contributed by atoms with Gasteiger partial charge in [0, 0.05) is 6.42 Å². The third-order valence-corrected chi connectivity index (χ3v) is 13.6. The standard InChI is InChI=1S/C65H117NO3/c1-3-5-7-9-11-13-15-17-19-21-23-25-27-29-31-32-33-35-36-38-40-42-44-46-48-50-52-54-56-58-60-64(68)63(62-67)66-65(69)61-59-57-55-53-51-49-47-45-43-41-39-37-34-30-28-26-24-22-20-18-16-14-12-10-8-6-4-2/h6,8,12,14,18,20,24,26,30,34,50,52,58,60,63-64,67-68H,3-5,7,9-11,13,15-17,19,21-23,25,27-29,31-33,35-49,51,53-57,59,61-62H2,1-2H3,(H,66,69)/b8-6-,14-12-,20-18-,26-24-,34-30-,52-50+,60-58+. The first-order valence-corrected chi connectivity index (χ1v) is 30.3. The molecule has 0 bridgehead atoms. The van der Waals surface area contributed by atoms with Crippen LogP contribution in [0.3, 0.4) is 0 Å². The lowest BCUT2D eigenvalue weighted by Gasteiger charge is -2.19. The SMILES string of the molecule is CC/C=C\C/C=C\C/C=C\C/C=C\C/C=C\CCCCCCCCCCCCCC(=O)NC(CO)C(O)/C=C/CC/C=C/CCCCCCCCCCCCCCCCCCCCCCCCCC. The average molecular weight is 961 g/mol. The third kappa shape index (κ3) is 56.4. The Hall–Kier alpha value is -2.43. The maximum atomic E-state index is 12.5. The second-order valence-electron chi connectivity index (χ2n) is 20.4. The van der Waals surface area contributed by atoms with Gasteiger partial charge in [0.1, 0.15) is 0 Å². The molecule has 0 rings (SSSR count). The molecule has 0 aromatic carbocycles. The van der Waals surface area contributed by atoms with Gasteiger partial charge in [0.15, 0.2) is 0 Å². The summed E-state index contributed by atoms with van der Waals surface area (Å²) < 4.78 is 0. The summed E-state index contributed by atoms with van der Waals surface area (Å²) in [6.07, 6.45) is 87.7. The smallest absolute Gasteiger partial charge is 0.220 e. The van der Waals surface area contributed by atoms with Gasteiger partial charge in [-0.2, -0.15) is 0 Å². The molecular weight excluding hydrogens is 843 g/mol. The molecule has 3 N–H and O–H groups in total. The van der Waals surface area contributed by atoms with Crippen molar-refractivity contribution in [2.75, 3.05) is 6.61 Å². The van der Waals surface area contributed by atoms with E-state index in [1.54, 1.807) is 6.08 Å². The fourth-order valence-electron chi connectivity index (χ4n) is 9.05. The number of hydrogen-bond acceptors (Lipinski definition) is 3. The summed E-state index contributed by atoms with van der Waals surface area (Å²) in [6.45, 7) is 4.21. The van der Waals surface area contributed by atoms with Gasteiger partial charge in [0.2, 0.25) is 5.91 Å². The zero-order chi connectivity index (χ0) is 49.9. The molecule has 400 valence electrons. The van der Waals surface area contributed by atoms with Crippen molar-refractivity contribution in [3.8, 4) is 0 Å². The first-order valence-electron chi connectivity index (χ1n) is 30.3. The number of aliphatic hydroxyl groups excluding tert-OH is 2. The van der Waals surface area contributed by atoms with Crippen LogP contribution in [0.2, 0.25) is 0 Å². The predicted octanol–water partition coefficient (Wildman–Crippen LogP) is 20.3. The quantitative estimate of drug-likeness (QED) is 0.0420. The lowest BCUT2D eigenvalue weighted by Crippen LogP contribution is -2.45. The second-order valence-corrected chi connectivity index (χ2v) is 20.4. The van der Waals surface area contributed by atoms with Crippen LogP contribution in [0, 0.1) is 0 Å². The van der Waals surface area contributed by atoms with E-state index in [2.05, 4.69) is 92.1 Å². The second kappa shape index (κ2) is 59.9. The van der Waals surface area contributed by atoms with E-state index in [1.165, 1.54) is 218 Å². The van der Waals surface area contributed by atoms with Crippen molar-refractivity contribution in [2.24, 2.45) is 0 Å². The zero-order valence-corrected chi connectivity index (χ0v) is 46.1. The van der Waals surface area contributed by atoms with Crippen LogP contribution >= 0.6 is 0 Å². The van der Waals surface area contributed by atoms with Crippen LogP contribution in [0.1, 0.15) is 303 Å². The highest BCUT2D eigenvalue weighted by Crippen LogP contribution is 2.17. The van der Waals surface area contributed by atoms with Crippen LogP contribution in [0.25, 0.3) is 0 Å². The topological polar surface area (TPSA) is 69.6 Å². The summed E-state index contributed by atoms with van der Waals surface area (Å²) in [6, 6.07) is -0.647. The molecule has 4 nitrogen and oxygen atoms in total. The number of allylic oxidation sites excluding steroid dienone is 13. The van der Waals surface area contributed by atoms with Gasteiger partial charge in [0.05, 0.1) is 18.8 Å². The van der Waals surface area contributed by atoms with Crippen molar-refractivity contribution in [3.05, 3.63) is 85.1 Å². The number of rotatable bonds is 55. The fourth-order valence-corrected chi connectivity index (χ4v) is 9.05. The molecule has 2 atom stereocenters. The molecule has 0 aromatic rings. The molecule has 0 heterocycles. The van der Waals surface area contributed by atoms with E-state index >= 15 is 0 Å². The zero-order valence-electron chi connectivity index (χ0n) is 46.1. The van der Waals surface area contributed by atoms with Crippen molar-refractivity contribution in [1.29, 1.82) is 0 Å². The van der Waals surface area contributed by atoms with Crippen molar-refractivity contribution >= 4 is 5.91 Å². The van der Waals surface area contributed by atoms with Crippen LogP contribution in [0.15, 0.2) is 85.1 Å². The Bertz CT molecular complexity index is 1230. The summed E-state index contributed by atoms with van der Waals surface area (Å²) in [4.78, 5) is 12.5. The van der Waals surface area contributed by atoms with Gasteiger partial charge in [-0.25, -0.2) is 0 Å². The molecule has 69 heavy (non-hydrogen) atoms. The van der Waals surface area contributed by atoms with E-state index < -0.39 is 12.1 Å². The lowest BCUT2D eigenvalue weighted by atomic mass is 10.0. The first kappa shape index (κ1) is 66.6. The molecule has 1 amide bonds. The first-order chi connectivity index (χ1) is 34.2. The van der Waals surface area contributed by atoms with Gasteiger partial charge in [-0.15, -0.1) is 0 Å². The maximum Gasteiger partial charge on any atom is 0.220 e. The Kier molecular flexibility index (Phi) is 57.8. The lowest BCUT2D eigenvalue weighted by molar-refractivity contribution is -0.123. The average Bonchev–Trinajstić information content (AvgIpc) is 3.35. The molecular formula is C65H117NO3. The van der Waals surface area contributed by atoms with Crippen LogP contribution < -0.4 is 5.32 Å². The largest absolute Gasteiger partial charge is 0.394 e. The van der Waals surface area contributed by atoms with Crippen LogP contribution in [0.5, 0.6) is 0 Å². The number of hydrogen-bond donors (Lipinski definition) is 3. The Balaban J connectivity index is 3.54. The summed E-state index contributed by atoms with van der Waals surface area (Å²) >= 11 is 0. The minimum absolute atomic E-state index is 0.0773. The van der Waals surface area contributed by atoms with Crippen molar-refractivity contribution in [3.63, 3.8) is 0 Å². The van der Waals surface area contributed by atoms with E-state index in [0.29, 0.717) is 6.42 Å². The molecule has 0 spiro atoms. The van der Waals surface area contributed by atoms with Crippen LogP contribution in [0.4, 0.5) is 0 Å². The molecule has 0 aliphatic carbocycles. The monoisotopic (exact) mass is 960 g/mol. The minimum Gasteiger partial charge on any atom is -0.394 e. The highest BCUT2D eigenvalue weighted by Gasteiger charge is 2.18. The van der Waals surface area contributed by atoms with Gasteiger partial charge in [-0.05, 0) is 77.0 Å². The van der Waals surface area contributed by atoms with E-state index in [-0.39, 0.29) is 12.5 Å². The Morgan fingerprint density at radius 3 is 1.01 bits per heavy atom. The Morgan fingerprint density at radius 1 is 0.362 bits per heavy atom. The highest BCUT2D eigenvalue weighted by atomic mass is 16.3. The highest BCUT2D eigenvalue weighted by molar-refractivity contribution is 5.76. The van der Waals surface area contributed by atoms with Crippen molar-refractivity contribution in [1.82, 2.24) is 5.32 Å². The summed E-state index contributed by atoms with van der Waals surface area (Å²) in [5, 5.41) is 23.2. The molecule has 0 aliphatic heterocycles. The number of nitrogens with one attached hydrogen (secondary N) is 1. The molecule has 0 aliphatic rings. The molecule has 0 fully saturated rings. The number of carbonyl (C=O) groups excluding carboxylic acids is 1. The van der Waals surface area contributed by atoms with Gasteiger partial charge in [0.25, 0.3) is 0 Å². The summed E-state index contributed by atoms with van der Waals surface area (Å²) in [7, 11) is 0. The molecule has 0 radical (unpaired) electrons. The Labute approximate surface area is 431 Å². The molecule has 0 aromatic heterocycles.